The molecule has 1 aromatic carbocycles. The van der Waals surface area contributed by atoms with Gasteiger partial charge < -0.3 is 9.15 Å². The Kier molecular flexibility index (Phi) is 5.25. The van der Waals surface area contributed by atoms with Gasteiger partial charge in [0.1, 0.15) is 0 Å². The number of aryl methyl sites for hydroxylation is 1. The van der Waals surface area contributed by atoms with Crippen molar-refractivity contribution in [1.29, 1.82) is 0 Å². The fraction of sp³-hybridized carbons (Fsp3) is 0.357. The summed E-state index contributed by atoms with van der Waals surface area (Å²) in [4.78, 5) is 13.1. The summed E-state index contributed by atoms with van der Waals surface area (Å²) in [5, 5.41) is 8.15. The second-order valence-electron chi connectivity index (χ2n) is 4.28. The number of halogens is 1. The quantitative estimate of drug-likeness (QED) is 0.609. The molecule has 7 heteroatoms. The molecule has 0 aliphatic carbocycles. The fourth-order valence-electron chi connectivity index (χ4n) is 1.69. The molecule has 0 saturated carbocycles. The minimum atomic E-state index is -0.603. The van der Waals surface area contributed by atoms with E-state index in [0.29, 0.717) is 16.5 Å². The highest BCUT2D eigenvalue weighted by Crippen LogP contribution is 2.28. The number of carbonyl (C=O) groups is 1. The maximum Gasteiger partial charge on any atom is 0.340 e. The van der Waals surface area contributed by atoms with Gasteiger partial charge in [-0.25, -0.2) is 4.79 Å². The Balaban J connectivity index is 2.16. The van der Waals surface area contributed by atoms with E-state index in [1.54, 1.807) is 32.0 Å². The van der Waals surface area contributed by atoms with Crippen molar-refractivity contribution in [3.8, 4) is 0 Å². The van der Waals surface area contributed by atoms with Crippen molar-refractivity contribution in [3.63, 3.8) is 0 Å². The molecule has 0 fully saturated rings. The molecule has 0 aliphatic heterocycles. The van der Waals surface area contributed by atoms with Gasteiger partial charge >= 0.3 is 5.97 Å². The van der Waals surface area contributed by atoms with Crippen molar-refractivity contribution in [2.24, 2.45) is 0 Å². The third kappa shape index (κ3) is 3.98. The number of hydrogen-bond donors (Lipinski definition) is 0. The van der Waals surface area contributed by atoms with E-state index in [2.05, 4.69) is 10.2 Å². The highest BCUT2D eigenvalue weighted by Gasteiger charge is 2.20. The number of aromatic nitrogens is 2. The number of rotatable bonds is 5. The maximum absolute atomic E-state index is 12.3. The summed E-state index contributed by atoms with van der Waals surface area (Å²) in [6, 6.07) is 5.08. The number of ether oxygens (including phenoxy) is 1. The van der Waals surface area contributed by atoms with Crippen molar-refractivity contribution in [3.05, 3.63) is 40.6 Å². The first-order valence-corrected chi connectivity index (χ1v) is 7.81. The van der Waals surface area contributed by atoms with Gasteiger partial charge in [0.15, 0.2) is 6.10 Å². The Morgan fingerprint density at radius 3 is 2.86 bits per heavy atom. The van der Waals surface area contributed by atoms with E-state index in [0.717, 1.165) is 10.6 Å². The lowest BCUT2D eigenvalue weighted by Gasteiger charge is -2.12. The molecule has 1 atom stereocenters. The molecule has 0 bridgehead atoms. The number of thioether (sulfide) groups is 1. The third-order valence-electron chi connectivity index (χ3n) is 2.64. The SMILES string of the molecule is CCSc1cc(Cl)ccc1C(=O)O[C@H](C)c1nnc(C)o1. The average Bonchev–Trinajstić information content (AvgIpc) is 2.86. The summed E-state index contributed by atoms with van der Waals surface area (Å²) in [5.41, 5.74) is 0.481. The lowest BCUT2D eigenvalue weighted by molar-refractivity contribution is 0.0273. The van der Waals surface area contributed by atoms with E-state index in [-0.39, 0.29) is 5.89 Å². The second kappa shape index (κ2) is 6.95. The van der Waals surface area contributed by atoms with Gasteiger partial charge in [-0.2, -0.15) is 0 Å². The van der Waals surface area contributed by atoms with Crippen LogP contribution in [0.3, 0.4) is 0 Å². The Morgan fingerprint density at radius 2 is 2.24 bits per heavy atom. The van der Waals surface area contributed by atoms with Crippen LogP contribution in [0, 0.1) is 6.92 Å². The van der Waals surface area contributed by atoms with Gasteiger partial charge in [0.2, 0.25) is 5.89 Å². The smallest absolute Gasteiger partial charge is 0.340 e. The van der Waals surface area contributed by atoms with Gasteiger partial charge in [0.05, 0.1) is 5.56 Å². The number of hydrogen-bond acceptors (Lipinski definition) is 6. The first-order valence-electron chi connectivity index (χ1n) is 6.44. The zero-order valence-corrected chi connectivity index (χ0v) is 13.5. The monoisotopic (exact) mass is 326 g/mol. The van der Waals surface area contributed by atoms with Gasteiger partial charge in [0.25, 0.3) is 5.89 Å². The molecular weight excluding hydrogens is 312 g/mol. The molecule has 0 radical (unpaired) electrons. The summed E-state index contributed by atoms with van der Waals surface area (Å²) in [6.07, 6.45) is -0.603. The minimum absolute atomic E-state index is 0.277. The molecule has 0 amide bonds. The summed E-state index contributed by atoms with van der Waals surface area (Å²) < 4.78 is 10.6. The normalized spacial score (nSPS) is 12.2. The molecule has 0 unspecified atom stereocenters. The molecule has 1 heterocycles. The van der Waals surface area contributed by atoms with Gasteiger partial charge in [0, 0.05) is 16.8 Å². The predicted octanol–water partition coefficient (Wildman–Crippen LogP) is 4.06. The van der Waals surface area contributed by atoms with E-state index in [9.17, 15) is 4.79 Å². The zero-order chi connectivity index (χ0) is 15.4. The van der Waals surface area contributed by atoms with E-state index in [1.807, 2.05) is 6.92 Å². The van der Waals surface area contributed by atoms with Crippen LogP contribution in [-0.4, -0.2) is 21.9 Å². The van der Waals surface area contributed by atoms with Crippen LogP contribution in [-0.2, 0) is 4.74 Å². The largest absolute Gasteiger partial charge is 0.449 e. The number of carbonyl (C=O) groups excluding carboxylic acids is 1. The minimum Gasteiger partial charge on any atom is -0.449 e. The Morgan fingerprint density at radius 1 is 1.48 bits per heavy atom. The topological polar surface area (TPSA) is 65.2 Å². The number of benzene rings is 1. The number of esters is 1. The van der Waals surface area contributed by atoms with E-state index < -0.39 is 12.1 Å². The van der Waals surface area contributed by atoms with Crippen LogP contribution in [0.2, 0.25) is 5.02 Å². The van der Waals surface area contributed by atoms with Crippen LogP contribution in [0.15, 0.2) is 27.5 Å². The molecule has 0 aliphatic rings. The van der Waals surface area contributed by atoms with Crippen LogP contribution in [0.1, 0.15) is 42.1 Å². The van der Waals surface area contributed by atoms with Crippen molar-refractivity contribution in [2.75, 3.05) is 5.75 Å². The molecule has 112 valence electrons. The van der Waals surface area contributed by atoms with Gasteiger partial charge in [-0.3, -0.25) is 0 Å². The van der Waals surface area contributed by atoms with Crippen molar-refractivity contribution in [1.82, 2.24) is 10.2 Å². The predicted molar refractivity (Wildman–Crippen MR) is 80.7 cm³/mol. The highest BCUT2D eigenvalue weighted by atomic mass is 35.5. The van der Waals surface area contributed by atoms with Gasteiger partial charge in [-0.15, -0.1) is 22.0 Å². The molecule has 21 heavy (non-hydrogen) atoms. The first-order chi connectivity index (χ1) is 10.0. The Hall–Kier alpha value is -1.53. The summed E-state index contributed by atoms with van der Waals surface area (Å²) in [6.45, 7) is 5.37. The van der Waals surface area contributed by atoms with Gasteiger partial charge in [-0.1, -0.05) is 18.5 Å². The van der Waals surface area contributed by atoms with E-state index in [1.165, 1.54) is 11.8 Å². The molecule has 5 nitrogen and oxygen atoms in total. The van der Waals surface area contributed by atoms with Crippen molar-refractivity contribution in [2.45, 2.75) is 31.8 Å². The lowest BCUT2D eigenvalue weighted by atomic mass is 10.2. The van der Waals surface area contributed by atoms with Crippen LogP contribution in [0.5, 0.6) is 0 Å². The van der Waals surface area contributed by atoms with Crippen LogP contribution >= 0.6 is 23.4 Å². The first kappa shape index (κ1) is 15.9. The third-order valence-corrected chi connectivity index (χ3v) is 3.81. The zero-order valence-electron chi connectivity index (χ0n) is 11.9. The van der Waals surface area contributed by atoms with Gasteiger partial charge in [-0.05, 0) is 30.9 Å². The van der Waals surface area contributed by atoms with Crippen LogP contribution in [0.4, 0.5) is 0 Å². The molecular formula is C14H15ClN2O3S. The molecule has 1 aromatic heterocycles. The van der Waals surface area contributed by atoms with Crippen molar-refractivity contribution >= 4 is 29.3 Å². The number of nitrogens with zero attached hydrogens (tertiary/aromatic N) is 2. The lowest BCUT2D eigenvalue weighted by Crippen LogP contribution is -2.10. The Labute approximate surface area is 132 Å². The molecule has 0 spiro atoms. The standard InChI is InChI=1S/C14H15ClN2O3S/c1-4-21-12-7-10(15)5-6-11(12)14(18)19-8(2)13-17-16-9(3)20-13/h5-8H,4H2,1-3H3/t8-/m1/s1. The highest BCUT2D eigenvalue weighted by molar-refractivity contribution is 7.99. The summed E-state index contributed by atoms with van der Waals surface area (Å²) in [7, 11) is 0. The maximum atomic E-state index is 12.3. The molecule has 0 N–H and O–H groups in total. The molecule has 0 saturated heterocycles. The van der Waals surface area contributed by atoms with Crippen LogP contribution in [0.25, 0.3) is 0 Å². The van der Waals surface area contributed by atoms with E-state index >= 15 is 0 Å². The second-order valence-corrected chi connectivity index (χ2v) is 6.02. The Bertz CT molecular complexity index is 645. The fourth-order valence-corrected chi connectivity index (χ4v) is 2.76. The average molecular weight is 327 g/mol. The van der Waals surface area contributed by atoms with E-state index in [4.69, 9.17) is 20.8 Å². The molecule has 2 aromatic rings. The summed E-state index contributed by atoms with van der Waals surface area (Å²) >= 11 is 7.50. The van der Waals surface area contributed by atoms with Crippen LogP contribution < -0.4 is 0 Å². The molecule has 2 rings (SSSR count). The van der Waals surface area contributed by atoms with Crippen molar-refractivity contribution < 1.29 is 13.9 Å². The summed E-state index contributed by atoms with van der Waals surface area (Å²) in [5.74, 6) is 1.10.